The summed E-state index contributed by atoms with van der Waals surface area (Å²) in [5.74, 6) is -0.224. The molecule has 1 aromatic heterocycles. The van der Waals surface area contributed by atoms with Crippen LogP contribution in [0, 0.1) is 5.82 Å². The molecule has 5 heteroatoms. The first-order chi connectivity index (χ1) is 12.2. The Labute approximate surface area is 148 Å². The molecule has 2 aromatic rings. The smallest absolute Gasteiger partial charge is 0.272 e. The van der Waals surface area contributed by atoms with Gasteiger partial charge < -0.3 is 10.2 Å². The van der Waals surface area contributed by atoms with E-state index in [1.54, 1.807) is 24.4 Å². The Morgan fingerprint density at radius 2 is 2.12 bits per heavy atom. The predicted octanol–water partition coefficient (Wildman–Crippen LogP) is 4.24. The third-order valence-electron chi connectivity index (χ3n) is 4.78. The second-order valence-electron chi connectivity index (χ2n) is 6.43. The minimum atomic E-state index is -0.231. The highest BCUT2D eigenvalue weighted by Gasteiger charge is 2.26. The SMILES string of the molecule is CCC1CCCCN1C(=O)c1ccc(NCc2ccccc2F)cn1. The van der Waals surface area contributed by atoms with Crippen molar-refractivity contribution in [2.45, 2.75) is 45.2 Å². The minimum Gasteiger partial charge on any atom is -0.380 e. The molecule has 0 radical (unpaired) electrons. The van der Waals surface area contributed by atoms with E-state index >= 15 is 0 Å². The summed E-state index contributed by atoms with van der Waals surface area (Å²) in [4.78, 5) is 19.0. The Morgan fingerprint density at radius 1 is 1.28 bits per heavy atom. The number of amides is 1. The first kappa shape index (κ1) is 17.4. The summed E-state index contributed by atoms with van der Waals surface area (Å²) in [5, 5.41) is 3.14. The summed E-state index contributed by atoms with van der Waals surface area (Å²) in [6.07, 6.45) is 5.94. The molecule has 4 nitrogen and oxygen atoms in total. The number of benzene rings is 1. The maximum atomic E-state index is 13.6. The molecule has 1 fully saturated rings. The van der Waals surface area contributed by atoms with Gasteiger partial charge in [-0.3, -0.25) is 4.79 Å². The summed E-state index contributed by atoms with van der Waals surface area (Å²) in [6, 6.07) is 10.6. The van der Waals surface area contributed by atoms with Crippen molar-refractivity contribution in [3.8, 4) is 0 Å². The van der Waals surface area contributed by atoms with Gasteiger partial charge in [-0.1, -0.05) is 25.1 Å². The number of carbonyl (C=O) groups excluding carboxylic acids is 1. The number of aromatic nitrogens is 1. The number of anilines is 1. The molecule has 2 heterocycles. The van der Waals surface area contributed by atoms with E-state index in [4.69, 9.17) is 0 Å². The topological polar surface area (TPSA) is 45.2 Å². The van der Waals surface area contributed by atoms with Gasteiger partial charge in [-0.05, 0) is 43.9 Å². The van der Waals surface area contributed by atoms with E-state index in [2.05, 4.69) is 17.2 Å². The molecule has 1 amide bonds. The molecule has 1 unspecified atom stereocenters. The van der Waals surface area contributed by atoms with Crippen LogP contribution < -0.4 is 5.32 Å². The molecule has 1 atom stereocenters. The molecule has 25 heavy (non-hydrogen) atoms. The molecular formula is C20H24FN3O. The van der Waals surface area contributed by atoms with Gasteiger partial charge in [0.2, 0.25) is 0 Å². The maximum absolute atomic E-state index is 13.6. The number of likely N-dealkylation sites (tertiary alicyclic amines) is 1. The number of hydrogen-bond acceptors (Lipinski definition) is 3. The highest BCUT2D eigenvalue weighted by atomic mass is 19.1. The van der Waals surface area contributed by atoms with Crippen molar-refractivity contribution >= 4 is 11.6 Å². The Bertz CT molecular complexity index is 717. The van der Waals surface area contributed by atoms with E-state index in [1.165, 1.54) is 12.5 Å². The van der Waals surface area contributed by atoms with Crippen LogP contribution in [0.4, 0.5) is 10.1 Å². The molecule has 0 aliphatic carbocycles. The van der Waals surface area contributed by atoms with Gasteiger partial charge in [0.25, 0.3) is 5.91 Å². The Hall–Kier alpha value is -2.43. The molecule has 0 saturated carbocycles. The van der Waals surface area contributed by atoms with E-state index in [0.717, 1.165) is 31.5 Å². The molecule has 132 valence electrons. The van der Waals surface area contributed by atoms with E-state index < -0.39 is 0 Å². The fraction of sp³-hybridized carbons (Fsp3) is 0.400. The lowest BCUT2D eigenvalue weighted by Gasteiger charge is -2.35. The number of halogens is 1. The molecule has 1 aromatic carbocycles. The van der Waals surface area contributed by atoms with Gasteiger partial charge in [0.15, 0.2) is 0 Å². The monoisotopic (exact) mass is 341 g/mol. The van der Waals surface area contributed by atoms with Crippen LogP contribution >= 0.6 is 0 Å². The average Bonchev–Trinajstić information content (AvgIpc) is 2.67. The van der Waals surface area contributed by atoms with Crippen LogP contribution in [0.15, 0.2) is 42.6 Å². The normalized spacial score (nSPS) is 17.4. The Morgan fingerprint density at radius 3 is 2.84 bits per heavy atom. The van der Waals surface area contributed by atoms with Crippen LogP contribution in [0.3, 0.4) is 0 Å². The van der Waals surface area contributed by atoms with Crippen molar-refractivity contribution < 1.29 is 9.18 Å². The van der Waals surface area contributed by atoms with E-state index in [-0.39, 0.29) is 11.7 Å². The van der Waals surface area contributed by atoms with Gasteiger partial charge >= 0.3 is 0 Å². The van der Waals surface area contributed by atoms with Crippen molar-refractivity contribution in [3.05, 3.63) is 59.7 Å². The number of hydrogen-bond donors (Lipinski definition) is 1. The van der Waals surface area contributed by atoms with Gasteiger partial charge in [-0.15, -0.1) is 0 Å². The molecule has 0 spiro atoms. The summed E-state index contributed by atoms with van der Waals surface area (Å²) >= 11 is 0. The fourth-order valence-electron chi connectivity index (χ4n) is 3.30. The molecule has 1 saturated heterocycles. The zero-order valence-corrected chi connectivity index (χ0v) is 14.5. The standard InChI is InChI=1S/C20H24FN3O/c1-2-17-8-5-6-12-24(17)20(25)19-11-10-16(14-23-19)22-13-15-7-3-4-9-18(15)21/h3-4,7,9-11,14,17,22H,2,5-6,8,12-13H2,1H3. The van der Waals surface area contributed by atoms with Gasteiger partial charge in [-0.25, -0.2) is 9.37 Å². The number of nitrogens with zero attached hydrogens (tertiary/aromatic N) is 2. The van der Waals surface area contributed by atoms with Crippen molar-refractivity contribution in [3.63, 3.8) is 0 Å². The minimum absolute atomic E-state index is 0.00667. The van der Waals surface area contributed by atoms with Crippen LogP contribution in [0.25, 0.3) is 0 Å². The van der Waals surface area contributed by atoms with Crippen LogP contribution in [0.1, 0.15) is 48.7 Å². The summed E-state index contributed by atoms with van der Waals surface area (Å²) in [5.41, 5.74) is 1.84. The lowest BCUT2D eigenvalue weighted by molar-refractivity contribution is 0.0602. The molecule has 0 bridgehead atoms. The second-order valence-corrected chi connectivity index (χ2v) is 6.43. The van der Waals surface area contributed by atoms with Crippen molar-refractivity contribution in [1.29, 1.82) is 0 Å². The molecule has 1 aliphatic heterocycles. The van der Waals surface area contributed by atoms with Crippen molar-refractivity contribution in [1.82, 2.24) is 9.88 Å². The summed E-state index contributed by atoms with van der Waals surface area (Å²) < 4.78 is 13.6. The number of nitrogens with one attached hydrogen (secondary N) is 1. The lowest BCUT2D eigenvalue weighted by atomic mass is 9.99. The third-order valence-corrected chi connectivity index (χ3v) is 4.78. The second kappa shape index (κ2) is 8.10. The van der Waals surface area contributed by atoms with Crippen LogP contribution in [0.5, 0.6) is 0 Å². The number of carbonyl (C=O) groups is 1. The highest BCUT2D eigenvalue weighted by Crippen LogP contribution is 2.21. The van der Waals surface area contributed by atoms with Crippen LogP contribution in [-0.4, -0.2) is 28.4 Å². The van der Waals surface area contributed by atoms with Crippen LogP contribution in [0.2, 0.25) is 0 Å². The third kappa shape index (κ3) is 4.16. The van der Waals surface area contributed by atoms with Crippen molar-refractivity contribution in [2.24, 2.45) is 0 Å². The Balaban J connectivity index is 1.63. The lowest BCUT2D eigenvalue weighted by Crippen LogP contribution is -2.43. The maximum Gasteiger partial charge on any atom is 0.272 e. The first-order valence-corrected chi connectivity index (χ1v) is 8.93. The van der Waals surface area contributed by atoms with E-state index in [9.17, 15) is 9.18 Å². The average molecular weight is 341 g/mol. The van der Waals surface area contributed by atoms with Gasteiger partial charge in [0.1, 0.15) is 11.5 Å². The Kier molecular flexibility index (Phi) is 5.64. The largest absolute Gasteiger partial charge is 0.380 e. The molecular weight excluding hydrogens is 317 g/mol. The van der Waals surface area contributed by atoms with E-state index in [1.807, 2.05) is 17.0 Å². The highest BCUT2D eigenvalue weighted by molar-refractivity contribution is 5.92. The predicted molar refractivity (Wildman–Crippen MR) is 96.9 cm³/mol. The molecule has 1 aliphatic rings. The van der Waals surface area contributed by atoms with Gasteiger partial charge in [0.05, 0.1) is 11.9 Å². The fourth-order valence-corrected chi connectivity index (χ4v) is 3.30. The number of pyridine rings is 1. The molecule has 1 N–H and O–H groups in total. The zero-order chi connectivity index (χ0) is 17.6. The quantitative estimate of drug-likeness (QED) is 0.885. The van der Waals surface area contributed by atoms with Gasteiger partial charge in [-0.2, -0.15) is 0 Å². The van der Waals surface area contributed by atoms with Crippen LogP contribution in [-0.2, 0) is 6.54 Å². The first-order valence-electron chi connectivity index (χ1n) is 8.93. The van der Waals surface area contributed by atoms with E-state index in [0.29, 0.717) is 23.8 Å². The van der Waals surface area contributed by atoms with Gasteiger partial charge in [0, 0.05) is 24.7 Å². The summed E-state index contributed by atoms with van der Waals surface area (Å²) in [6.45, 7) is 3.32. The zero-order valence-electron chi connectivity index (χ0n) is 14.5. The summed E-state index contributed by atoms with van der Waals surface area (Å²) in [7, 11) is 0. The molecule has 3 rings (SSSR count). The van der Waals surface area contributed by atoms with Crippen molar-refractivity contribution in [2.75, 3.05) is 11.9 Å². The number of piperidine rings is 1. The number of rotatable bonds is 5.